The molecular weight excluding hydrogens is 492 g/mol. The van der Waals surface area contributed by atoms with Crippen LogP contribution in [0.1, 0.15) is 62.2 Å². The molecule has 0 bridgehead atoms. The summed E-state index contributed by atoms with van der Waals surface area (Å²) >= 11 is 0. The van der Waals surface area contributed by atoms with Crippen molar-refractivity contribution < 1.29 is 9.21 Å². The van der Waals surface area contributed by atoms with Gasteiger partial charge in [-0.25, -0.2) is 5.84 Å². The summed E-state index contributed by atoms with van der Waals surface area (Å²) in [5.41, 5.74) is 10.3. The van der Waals surface area contributed by atoms with E-state index in [9.17, 15) is 4.79 Å². The van der Waals surface area contributed by atoms with Gasteiger partial charge in [0.05, 0.1) is 40.8 Å². The molecule has 3 aromatic heterocycles. The third-order valence-corrected chi connectivity index (χ3v) is 6.91. The summed E-state index contributed by atoms with van der Waals surface area (Å²) < 4.78 is 5.75. The van der Waals surface area contributed by atoms with Gasteiger partial charge >= 0.3 is 0 Å². The van der Waals surface area contributed by atoms with E-state index in [0.29, 0.717) is 28.8 Å². The summed E-state index contributed by atoms with van der Waals surface area (Å²) in [6.45, 7) is 16.3. The maximum Gasteiger partial charge on any atom is 0.291 e. The molecule has 208 valence electrons. The highest BCUT2D eigenvalue weighted by Gasteiger charge is 2.22. The van der Waals surface area contributed by atoms with Crippen molar-refractivity contribution in [2.24, 2.45) is 11.6 Å². The molecular formula is C29H40N8O2. The molecule has 1 aliphatic heterocycles. The molecule has 1 saturated heterocycles. The van der Waals surface area contributed by atoms with Gasteiger partial charge in [-0.3, -0.25) is 24.7 Å². The lowest BCUT2D eigenvalue weighted by molar-refractivity contribution is 0.0993. The van der Waals surface area contributed by atoms with Gasteiger partial charge in [-0.15, -0.1) is 0 Å². The first kappa shape index (κ1) is 28.1. The summed E-state index contributed by atoms with van der Waals surface area (Å²) in [6.07, 6.45) is 6.81. The number of hydrazine groups is 1. The first-order chi connectivity index (χ1) is 18.4. The molecule has 0 atom stereocenters. The van der Waals surface area contributed by atoms with E-state index in [1.54, 1.807) is 30.7 Å². The second-order valence-corrected chi connectivity index (χ2v) is 11.2. The molecule has 1 aliphatic rings. The first-order valence-electron chi connectivity index (χ1n) is 13.3. The van der Waals surface area contributed by atoms with Crippen molar-refractivity contribution >= 4 is 28.7 Å². The van der Waals surface area contributed by atoms with Crippen LogP contribution in [-0.4, -0.2) is 53.0 Å². The summed E-state index contributed by atoms with van der Waals surface area (Å²) in [7, 11) is 0. The van der Waals surface area contributed by atoms with Gasteiger partial charge in [0.1, 0.15) is 5.76 Å². The van der Waals surface area contributed by atoms with Gasteiger partial charge in [0.15, 0.2) is 5.76 Å². The Morgan fingerprint density at radius 2 is 1.85 bits per heavy atom. The second kappa shape index (κ2) is 11.5. The number of carbonyl (C=O) groups is 1. The number of carbonyl (C=O) groups excluding carboxylic acids is 1. The number of anilines is 3. The van der Waals surface area contributed by atoms with E-state index in [1.165, 1.54) is 5.01 Å². The predicted molar refractivity (Wildman–Crippen MR) is 156 cm³/mol. The Kier molecular flexibility index (Phi) is 8.27. The van der Waals surface area contributed by atoms with Crippen molar-refractivity contribution in [3.05, 3.63) is 71.8 Å². The first-order valence-corrected chi connectivity index (χ1v) is 13.3. The molecule has 10 nitrogen and oxygen atoms in total. The number of pyridine rings is 2. The molecule has 0 unspecified atom stereocenters. The minimum atomic E-state index is -0.363. The zero-order chi connectivity index (χ0) is 28.3. The van der Waals surface area contributed by atoms with Gasteiger partial charge in [-0.1, -0.05) is 20.8 Å². The molecule has 1 fully saturated rings. The molecule has 39 heavy (non-hydrogen) atoms. The lowest BCUT2D eigenvalue weighted by atomic mass is 9.94. The molecule has 0 aromatic carbocycles. The van der Waals surface area contributed by atoms with E-state index >= 15 is 0 Å². The number of furan rings is 1. The van der Waals surface area contributed by atoms with Gasteiger partial charge in [0.25, 0.3) is 5.91 Å². The van der Waals surface area contributed by atoms with Gasteiger partial charge in [0, 0.05) is 55.6 Å². The summed E-state index contributed by atoms with van der Waals surface area (Å²) in [5.74, 6) is 6.99. The van der Waals surface area contributed by atoms with Crippen molar-refractivity contribution in [3.63, 3.8) is 0 Å². The van der Waals surface area contributed by atoms with Crippen LogP contribution >= 0.6 is 0 Å². The van der Waals surface area contributed by atoms with Crippen LogP contribution in [0.25, 0.3) is 5.70 Å². The minimum absolute atomic E-state index is 0.193. The number of aryl methyl sites for hydroxylation is 1. The van der Waals surface area contributed by atoms with Crippen molar-refractivity contribution in [2.75, 3.05) is 41.4 Å². The monoisotopic (exact) mass is 532 g/mol. The Bertz CT molecular complexity index is 1330. The second-order valence-electron chi connectivity index (χ2n) is 11.2. The molecule has 0 spiro atoms. The van der Waals surface area contributed by atoms with E-state index < -0.39 is 0 Å². The largest absolute Gasteiger partial charge is 0.455 e. The van der Waals surface area contributed by atoms with Crippen molar-refractivity contribution in [1.29, 1.82) is 0 Å². The molecule has 4 heterocycles. The van der Waals surface area contributed by atoms with Crippen LogP contribution in [0.5, 0.6) is 0 Å². The highest BCUT2D eigenvalue weighted by atomic mass is 16.4. The highest BCUT2D eigenvalue weighted by molar-refractivity contribution is 6.02. The summed E-state index contributed by atoms with van der Waals surface area (Å²) in [4.78, 5) is 26.4. The number of nitrogens with one attached hydrogen (secondary N) is 1. The topological polar surface area (TPSA) is 130 Å². The normalized spacial score (nSPS) is 15.1. The molecule has 5 N–H and O–H groups in total. The Morgan fingerprint density at radius 3 is 2.49 bits per heavy atom. The number of hydrogen-bond acceptors (Lipinski definition) is 9. The van der Waals surface area contributed by atoms with E-state index in [2.05, 4.69) is 38.9 Å². The number of nitrogens with two attached hydrogens (primary N) is 2. The maximum atomic E-state index is 12.8. The number of hydrogen-bond donors (Lipinski definition) is 3. The number of rotatable bonds is 7. The standard InChI is InChI=1S/C29H40N8O2/c1-19(2)35-9-11-36(12-10-35)23-13-21(15-32-17-23)24(30)18-37(31)25-14-22(16-33-20(25)3)34-28(38)26-7-8-27(39-26)29(4,5)6/h7-8,13-19H,9-12,30-31H2,1-6H3,(H,34,38)/b24-18-. The van der Waals surface area contributed by atoms with Crippen LogP contribution in [-0.2, 0) is 5.41 Å². The number of piperazine rings is 1. The third kappa shape index (κ3) is 6.76. The van der Waals surface area contributed by atoms with Crippen LogP contribution < -0.4 is 26.8 Å². The average molecular weight is 533 g/mol. The quantitative estimate of drug-likeness (QED) is 0.304. The molecule has 4 rings (SSSR count). The fraction of sp³-hybridized carbons (Fsp3) is 0.414. The van der Waals surface area contributed by atoms with Crippen LogP contribution in [0.2, 0.25) is 0 Å². The van der Waals surface area contributed by atoms with E-state index in [1.807, 2.05) is 46.0 Å². The minimum Gasteiger partial charge on any atom is -0.455 e. The fourth-order valence-electron chi connectivity index (χ4n) is 4.46. The molecule has 3 aromatic rings. The van der Waals surface area contributed by atoms with E-state index in [4.69, 9.17) is 16.0 Å². The van der Waals surface area contributed by atoms with Crippen LogP contribution in [0.15, 0.2) is 53.5 Å². The molecule has 0 saturated carbocycles. The Hall–Kier alpha value is -3.89. The molecule has 10 heteroatoms. The van der Waals surface area contributed by atoms with Crippen molar-refractivity contribution in [2.45, 2.75) is 53.0 Å². The molecule has 0 radical (unpaired) electrons. The van der Waals surface area contributed by atoms with Crippen molar-refractivity contribution in [3.8, 4) is 0 Å². The average Bonchev–Trinajstić information content (AvgIpc) is 3.41. The SMILES string of the molecule is Cc1ncc(NC(=O)c2ccc(C(C)(C)C)o2)cc1N(N)/C=C(\N)c1cncc(N2CCN(C(C)C)CC2)c1. The fourth-order valence-corrected chi connectivity index (χ4v) is 4.46. The number of nitrogens with zero attached hydrogens (tertiary/aromatic N) is 5. The van der Waals surface area contributed by atoms with Gasteiger partial charge < -0.3 is 20.4 Å². The lowest BCUT2D eigenvalue weighted by Crippen LogP contribution is -2.48. The Labute approximate surface area is 230 Å². The Balaban J connectivity index is 1.47. The Morgan fingerprint density at radius 1 is 1.13 bits per heavy atom. The third-order valence-electron chi connectivity index (χ3n) is 6.91. The van der Waals surface area contributed by atoms with Crippen LogP contribution in [0.4, 0.5) is 17.1 Å². The zero-order valence-electron chi connectivity index (χ0n) is 23.7. The summed E-state index contributed by atoms with van der Waals surface area (Å²) in [6, 6.07) is 7.82. The maximum absolute atomic E-state index is 12.8. The van der Waals surface area contributed by atoms with Gasteiger partial charge in [-0.05, 0) is 45.0 Å². The van der Waals surface area contributed by atoms with E-state index in [0.717, 1.165) is 43.2 Å². The molecule has 1 amide bonds. The molecule has 0 aliphatic carbocycles. The van der Waals surface area contributed by atoms with Gasteiger partial charge in [-0.2, -0.15) is 0 Å². The zero-order valence-corrected chi connectivity index (χ0v) is 23.7. The van der Waals surface area contributed by atoms with Crippen LogP contribution in [0.3, 0.4) is 0 Å². The summed E-state index contributed by atoms with van der Waals surface area (Å²) in [5, 5.41) is 4.24. The lowest BCUT2D eigenvalue weighted by Gasteiger charge is -2.38. The van der Waals surface area contributed by atoms with Crippen LogP contribution in [0, 0.1) is 6.92 Å². The van der Waals surface area contributed by atoms with Gasteiger partial charge in [0.2, 0.25) is 0 Å². The smallest absolute Gasteiger partial charge is 0.291 e. The van der Waals surface area contributed by atoms with Crippen molar-refractivity contribution in [1.82, 2.24) is 14.9 Å². The number of amides is 1. The van der Waals surface area contributed by atoms with E-state index in [-0.39, 0.29) is 17.1 Å². The predicted octanol–water partition coefficient (Wildman–Crippen LogP) is 4.10. The number of aromatic nitrogens is 2. The highest BCUT2D eigenvalue weighted by Crippen LogP contribution is 2.26.